The molecule has 0 N–H and O–H groups in total. The first-order valence-electron chi connectivity index (χ1n) is 7.00. The van der Waals surface area contributed by atoms with Crippen LogP contribution in [0.5, 0.6) is 0 Å². The molecule has 0 spiro atoms. The van der Waals surface area contributed by atoms with Gasteiger partial charge in [-0.3, -0.25) is 0 Å². The van der Waals surface area contributed by atoms with Gasteiger partial charge in [-0.2, -0.15) is 0 Å². The van der Waals surface area contributed by atoms with Gasteiger partial charge in [0.2, 0.25) is 0 Å². The molecule has 0 aliphatic heterocycles. The molecule has 0 bridgehead atoms. The Morgan fingerprint density at radius 2 is 1.00 bits per heavy atom. The molecular formula is C17H30. The molecule has 2 atom stereocenters. The standard InChI is InChI=1S/C17H30/c1-11-12(2)16(9)14(5,6)15(7,8)17(16,10)13(11,3)4/h1-10H3. The summed E-state index contributed by atoms with van der Waals surface area (Å²) in [5, 5.41) is 0. The van der Waals surface area contributed by atoms with Gasteiger partial charge in [-0.15, -0.1) is 0 Å². The Bertz CT molecular complexity index is 419. The van der Waals surface area contributed by atoms with Gasteiger partial charge in [-0.25, -0.2) is 0 Å². The van der Waals surface area contributed by atoms with Crippen molar-refractivity contribution in [3.8, 4) is 0 Å². The summed E-state index contributed by atoms with van der Waals surface area (Å²) in [5.74, 6) is 0. The molecule has 0 nitrogen and oxygen atoms in total. The second kappa shape index (κ2) is 2.68. The van der Waals surface area contributed by atoms with Crippen LogP contribution >= 0.6 is 0 Å². The molecule has 0 radical (unpaired) electrons. The summed E-state index contributed by atoms with van der Waals surface area (Å²) in [7, 11) is 0. The van der Waals surface area contributed by atoms with Crippen LogP contribution in [0.2, 0.25) is 0 Å². The predicted octanol–water partition coefficient (Wildman–Crippen LogP) is 5.44. The van der Waals surface area contributed by atoms with Crippen molar-refractivity contribution in [2.75, 3.05) is 0 Å². The van der Waals surface area contributed by atoms with Crippen LogP contribution in [-0.4, -0.2) is 0 Å². The van der Waals surface area contributed by atoms with E-state index in [9.17, 15) is 0 Å². The molecular weight excluding hydrogens is 204 g/mol. The van der Waals surface area contributed by atoms with Gasteiger partial charge >= 0.3 is 0 Å². The van der Waals surface area contributed by atoms with Crippen LogP contribution in [0.15, 0.2) is 11.1 Å². The van der Waals surface area contributed by atoms with Crippen molar-refractivity contribution in [1.82, 2.24) is 0 Å². The third-order valence-corrected chi connectivity index (χ3v) is 8.56. The molecule has 0 saturated heterocycles. The summed E-state index contributed by atoms with van der Waals surface area (Å²) in [5.41, 5.74) is 5.04. The van der Waals surface area contributed by atoms with E-state index in [1.165, 1.54) is 0 Å². The third-order valence-electron chi connectivity index (χ3n) is 8.56. The van der Waals surface area contributed by atoms with Crippen LogP contribution in [0, 0.1) is 27.1 Å². The van der Waals surface area contributed by atoms with Gasteiger partial charge in [0.1, 0.15) is 0 Å². The van der Waals surface area contributed by atoms with E-state index in [0.29, 0.717) is 27.1 Å². The largest absolute Gasteiger partial charge is 0.0676 e. The maximum atomic E-state index is 2.53. The molecule has 2 aliphatic rings. The normalized spacial score (nSPS) is 45.5. The number of hydrogen-bond acceptors (Lipinski definition) is 0. The smallest absolute Gasteiger partial charge is 0.000728 e. The Balaban J connectivity index is 2.79. The average molecular weight is 234 g/mol. The third kappa shape index (κ3) is 0.805. The van der Waals surface area contributed by atoms with Gasteiger partial charge in [-0.1, -0.05) is 66.5 Å². The van der Waals surface area contributed by atoms with Crippen molar-refractivity contribution in [3.05, 3.63) is 11.1 Å². The number of allylic oxidation sites excluding steroid dienone is 2. The Labute approximate surface area is 108 Å². The first kappa shape index (κ1) is 13.2. The Morgan fingerprint density at radius 1 is 0.588 bits per heavy atom. The zero-order chi connectivity index (χ0) is 13.7. The second-order valence-electron chi connectivity index (χ2n) is 8.38. The van der Waals surface area contributed by atoms with Crippen LogP contribution < -0.4 is 0 Å². The van der Waals surface area contributed by atoms with Gasteiger partial charge in [0.05, 0.1) is 0 Å². The molecule has 17 heavy (non-hydrogen) atoms. The van der Waals surface area contributed by atoms with Crippen LogP contribution in [-0.2, 0) is 0 Å². The summed E-state index contributed by atoms with van der Waals surface area (Å²) in [6, 6.07) is 0. The number of fused-ring (bicyclic) bond motifs is 1. The zero-order valence-corrected chi connectivity index (χ0v) is 13.5. The summed E-state index contributed by atoms with van der Waals surface area (Å²) in [6.45, 7) is 24.5. The van der Waals surface area contributed by atoms with Gasteiger partial charge in [-0.05, 0) is 35.5 Å². The molecule has 1 fully saturated rings. The summed E-state index contributed by atoms with van der Waals surface area (Å²) < 4.78 is 0. The van der Waals surface area contributed by atoms with E-state index in [1.54, 1.807) is 11.1 Å². The highest BCUT2D eigenvalue weighted by Gasteiger charge is 2.82. The first-order chi connectivity index (χ1) is 7.32. The fourth-order valence-electron chi connectivity index (χ4n) is 5.91. The van der Waals surface area contributed by atoms with Crippen LogP contribution in [0.25, 0.3) is 0 Å². The first-order valence-corrected chi connectivity index (χ1v) is 7.00. The van der Waals surface area contributed by atoms with E-state index in [4.69, 9.17) is 0 Å². The van der Waals surface area contributed by atoms with Crippen LogP contribution in [0.4, 0.5) is 0 Å². The summed E-state index contributed by atoms with van der Waals surface area (Å²) in [4.78, 5) is 0. The van der Waals surface area contributed by atoms with Crippen LogP contribution in [0.1, 0.15) is 69.2 Å². The van der Waals surface area contributed by atoms with Gasteiger partial charge in [0, 0.05) is 5.41 Å². The van der Waals surface area contributed by atoms with E-state index < -0.39 is 0 Å². The molecule has 2 rings (SSSR count). The van der Waals surface area contributed by atoms with Crippen molar-refractivity contribution >= 4 is 0 Å². The molecule has 0 heterocycles. The Hall–Kier alpha value is -0.260. The highest BCUT2D eigenvalue weighted by Crippen LogP contribution is 2.88. The quantitative estimate of drug-likeness (QED) is 0.489. The van der Waals surface area contributed by atoms with Gasteiger partial charge in [0.25, 0.3) is 0 Å². The zero-order valence-electron chi connectivity index (χ0n) is 13.5. The molecule has 98 valence electrons. The van der Waals surface area contributed by atoms with E-state index in [2.05, 4.69) is 69.2 Å². The molecule has 0 amide bonds. The predicted molar refractivity (Wildman–Crippen MR) is 75.9 cm³/mol. The molecule has 0 aromatic heterocycles. The lowest BCUT2D eigenvalue weighted by Crippen LogP contribution is -2.75. The molecule has 0 aromatic carbocycles. The molecule has 0 aromatic rings. The molecule has 2 aliphatic carbocycles. The highest BCUT2D eigenvalue weighted by atomic mass is 14.9. The van der Waals surface area contributed by atoms with E-state index in [-0.39, 0.29) is 0 Å². The minimum Gasteiger partial charge on any atom is -0.0676 e. The van der Waals surface area contributed by atoms with Crippen LogP contribution in [0.3, 0.4) is 0 Å². The topological polar surface area (TPSA) is 0 Å². The van der Waals surface area contributed by atoms with Gasteiger partial charge in [0.15, 0.2) is 0 Å². The maximum Gasteiger partial charge on any atom is 0.000728 e. The fourth-order valence-corrected chi connectivity index (χ4v) is 5.91. The maximum absolute atomic E-state index is 2.53. The SMILES string of the molecule is CC1=C(C)C2(C)C(C)(C)C(C)(C)C2(C)C1(C)C. The monoisotopic (exact) mass is 234 g/mol. The summed E-state index contributed by atoms with van der Waals surface area (Å²) >= 11 is 0. The lowest BCUT2D eigenvalue weighted by molar-refractivity contribution is -0.306. The second-order valence-corrected chi connectivity index (χ2v) is 8.38. The van der Waals surface area contributed by atoms with E-state index in [1.807, 2.05) is 0 Å². The van der Waals surface area contributed by atoms with Gasteiger partial charge < -0.3 is 0 Å². The molecule has 1 saturated carbocycles. The lowest BCUT2D eigenvalue weighted by Gasteiger charge is -2.79. The van der Waals surface area contributed by atoms with Crippen molar-refractivity contribution in [3.63, 3.8) is 0 Å². The number of rotatable bonds is 0. The van der Waals surface area contributed by atoms with E-state index >= 15 is 0 Å². The van der Waals surface area contributed by atoms with E-state index in [0.717, 1.165) is 0 Å². The minimum atomic E-state index is 0.310. The highest BCUT2D eigenvalue weighted by molar-refractivity contribution is 5.47. The van der Waals surface area contributed by atoms with Crippen molar-refractivity contribution < 1.29 is 0 Å². The minimum absolute atomic E-state index is 0.310. The molecule has 0 heteroatoms. The molecule has 2 unspecified atom stereocenters. The number of hydrogen-bond donors (Lipinski definition) is 0. The lowest BCUT2D eigenvalue weighted by atomic mass is 9.24. The van der Waals surface area contributed by atoms with Crippen molar-refractivity contribution in [2.45, 2.75) is 69.2 Å². The van der Waals surface area contributed by atoms with Crippen molar-refractivity contribution in [2.24, 2.45) is 27.1 Å². The Morgan fingerprint density at radius 3 is 1.35 bits per heavy atom. The summed E-state index contributed by atoms with van der Waals surface area (Å²) in [6.07, 6.45) is 0. The van der Waals surface area contributed by atoms with Crippen molar-refractivity contribution in [1.29, 1.82) is 0 Å². The Kier molecular flexibility index (Phi) is 2.08. The fraction of sp³-hybridized carbons (Fsp3) is 0.882. The average Bonchev–Trinajstić information content (AvgIpc) is 2.30.